The first-order valence-electron chi connectivity index (χ1n) is 9.60. The summed E-state index contributed by atoms with van der Waals surface area (Å²) < 4.78 is 5.62. The van der Waals surface area contributed by atoms with Crippen LogP contribution in [0.3, 0.4) is 0 Å². The molecule has 0 spiro atoms. The Kier molecular flexibility index (Phi) is 6.48. The monoisotopic (exact) mass is 440 g/mol. The summed E-state index contributed by atoms with van der Waals surface area (Å²) in [5.41, 5.74) is 3.24. The lowest BCUT2D eigenvalue weighted by Gasteiger charge is -2.35. The van der Waals surface area contributed by atoms with Crippen molar-refractivity contribution in [3.63, 3.8) is 0 Å². The van der Waals surface area contributed by atoms with Gasteiger partial charge < -0.3 is 14.6 Å². The molecule has 4 rings (SSSR count). The number of oxazole rings is 1. The molecule has 3 aromatic rings. The summed E-state index contributed by atoms with van der Waals surface area (Å²) in [5.74, 6) is 2.79. The second-order valence-corrected chi connectivity index (χ2v) is 8.31. The highest BCUT2D eigenvalue weighted by Crippen LogP contribution is 2.26. The van der Waals surface area contributed by atoms with E-state index in [1.54, 1.807) is 18.2 Å². The lowest BCUT2D eigenvalue weighted by Crippen LogP contribution is -2.46. The molecule has 154 valence electrons. The van der Waals surface area contributed by atoms with Crippen LogP contribution >= 0.6 is 23.4 Å². The van der Waals surface area contributed by atoms with Crippen LogP contribution in [0, 0.1) is 12.3 Å². The molecule has 0 unspecified atom stereocenters. The van der Waals surface area contributed by atoms with Crippen molar-refractivity contribution in [3.8, 4) is 12.3 Å². The van der Waals surface area contributed by atoms with E-state index >= 15 is 0 Å². The highest BCUT2D eigenvalue weighted by Gasteiger charge is 2.16. The molecule has 1 amide bonds. The summed E-state index contributed by atoms with van der Waals surface area (Å²) in [6, 6.07) is 13.2. The van der Waals surface area contributed by atoms with Crippen LogP contribution in [-0.2, 0) is 4.79 Å². The van der Waals surface area contributed by atoms with Crippen molar-refractivity contribution in [1.82, 2.24) is 9.88 Å². The van der Waals surface area contributed by atoms with Gasteiger partial charge in [0.15, 0.2) is 5.58 Å². The quantitative estimate of drug-likeness (QED) is 0.462. The molecule has 1 aliphatic heterocycles. The number of fused-ring (bicyclic) bond motifs is 1. The first-order valence-corrected chi connectivity index (χ1v) is 11.0. The second-order valence-electron chi connectivity index (χ2n) is 6.94. The Hall–Kier alpha value is -2.66. The average Bonchev–Trinajstić information content (AvgIpc) is 3.16. The van der Waals surface area contributed by atoms with E-state index < -0.39 is 0 Å². The smallest absolute Gasteiger partial charge is 0.257 e. The van der Waals surface area contributed by atoms with Crippen molar-refractivity contribution < 1.29 is 9.21 Å². The summed E-state index contributed by atoms with van der Waals surface area (Å²) >= 11 is 7.21. The first-order chi connectivity index (χ1) is 14.6. The third-order valence-electron chi connectivity index (χ3n) is 4.86. The maximum Gasteiger partial charge on any atom is 0.257 e. The normalized spacial score (nSPS) is 14.6. The van der Waals surface area contributed by atoms with Crippen LogP contribution in [0.4, 0.5) is 11.4 Å². The number of aromatic nitrogens is 1. The van der Waals surface area contributed by atoms with Gasteiger partial charge in [0.2, 0.25) is 5.91 Å². The summed E-state index contributed by atoms with van der Waals surface area (Å²) in [6.45, 7) is 4.51. The topological polar surface area (TPSA) is 61.6 Å². The fraction of sp³-hybridized carbons (Fsp3) is 0.273. The van der Waals surface area contributed by atoms with E-state index in [9.17, 15) is 4.79 Å². The van der Waals surface area contributed by atoms with Crippen molar-refractivity contribution in [2.45, 2.75) is 5.22 Å². The highest BCUT2D eigenvalue weighted by molar-refractivity contribution is 7.99. The Bertz CT molecular complexity index is 1070. The van der Waals surface area contributed by atoms with E-state index in [1.807, 2.05) is 24.3 Å². The number of amides is 1. The van der Waals surface area contributed by atoms with Crippen LogP contribution in [0.25, 0.3) is 11.1 Å². The lowest BCUT2D eigenvalue weighted by molar-refractivity contribution is -0.113. The Morgan fingerprint density at radius 2 is 1.97 bits per heavy atom. The van der Waals surface area contributed by atoms with Gasteiger partial charge in [-0.2, -0.15) is 0 Å². The van der Waals surface area contributed by atoms with E-state index in [0.717, 1.165) is 37.6 Å². The van der Waals surface area contributed by atoms with Crippen molar-refractivity contribution >= 4 is 51.7 Å². The van der Waals surface area contributed by atoms with Gasteiger partial charge in [-0.3, -0.25) is 9.69 Å². The third-order valence-corrected chi connectivity index (χ3v) is 5.92. The molecular weight excluding hydrogens is 420 g/mol. The van der Waals surface area contributed by atoms with Crippen molar-refractivity contribution in [2.24, 2.45) is 0 Å². The number of terminal acetylenes is 1. The fourth-order valence-corrected chi connectivity index (χ4v) is 4.12. The van der Waals surface area contributed by atoms with Gasteiger partial charge in [0.1, 0.15) is 5.52 Å². The molecule has 0 saturated carbocycles. The van der Waals surface area contributed by atoms with Gasteiger partial charge in [-0.25, -0.2) is 4.98 Å². The zero-order chi connectivity index (χ0) is 20.9. The minimum Gasteiger partial charge on any atom is -0.431 e. The number of carbonyl (C=O) groups is 1. The van der Waals surface area contributed by atoms with E-state index in [0.29, 0.717) is 27.9 Å². The van der Waals surface area contributed by atoms with E-state index in [1.165, 1.54) is 11.8 Å². The zero-order valence-electron chi connectivity index (χ0n) is 16.3. The Morgan fingerprint density at radius 3 is 2.70 bits per heavy atom. The Morgan fingerprint density at radius 1 is 1.20 bits per heavy atom. The molecule has 6 nitrogen and oxygen atoms in total. The Labute approximate surface area is 184 Å². The van der Waals surface area contributed by atoms with Gasteiger partial charge >= 0.3 is 0 Å². The maximum absolute atomic E-state index is 12.3. The summed E-state index contributed by atoms with van der Waals surface area (Å²) in [4.78, 5) is 21.2. The molecule has 0 radical (unpaired) electrons. The highest BCUT2D eigenvalue weighted by atomic mass is 35.5. The molecule has 0 aliphatic carbocycles. The predicted molar refractivity (Wildman–Crippen MR) is 122 cm³/mol. The van der Waals surface area contributed by atoms with Gasteiger partial charge in [-0.15, -0.1) is 6.42 Å². The van der Waals surface area contributed by atoms with Gasteiger partial charge in [0.05, 0.1) is 12.3 Å². The number of benzene rings is 2. The van der Waals surface area contributed by atoms with Crippen LogP contribution < -0.4 is 10.2 Å². The maximum atomic E-state index is 12.3. The van der Waals surface area contributed by atoms with Gasteiger partial charge in [0.25, 0.3) is 5.22 Å². The molecule has 0 bridgehead atoms. The van der Waals surface area contributed by atoms with Gasteiger partial charge in [-0.05, 0) is 42.5 Å². The zero-order valence-corrected chi connectivity index (χ0v) is 17.9. The van der Waals surface area contributed by atoms with Crippen molar-refractivity contribution in [3.05, 3.63) is 47.5 Å². The molecule has 1 fully saturated rings. The third kappa shape index (κ3) is 5.08. The molecule has 1 N–H and O–H groups in total. The average molecular weight is 441 g/mol. The molecule has 1 aromatic heterocycles. The SMILES string of the molecule is C#CCN1CCN(c2ccc(NC(=O)CSc3nc4cc(Cl)ccc4o3)cc2)CC1. The van der Waals surface area contributed by atoms with Gasteiger partial charge in [0, 0.05) is 42.6 Å². The number of nitrogens with one attached hydrogen (secondary N) is 1. The second kappa shape index (κ2) is 9.43. The summed E-state index contributed by atoms with van der Waals surface area (Å²) in [5, 5.41) is 3.96. The summed E-state index contributed by atoms with van der Waals surface area (Å²) in [7, 11) is 0. The molecule has 2 aromatic carbocycles. The van der Waals surface area contributed by atoms with Crippen LogP contribution in [0.1, 0.15) is 0 Å². The van der Waals surface area contributed by atoms with Crippen LogP contribution in [0.5, 0.6) is 0 Å². The van der Waals surface area contributed by atoms with E-state index in [4.69, 9.17) is 22.4 Å². The molecule has 1 saturated heterocycles. The summed E-state index contributed by atoms with van der Waals surface area (Å²) in [6.07, 6.45) is 5.38. The number of hydrogen-bond acceptors (Lipinski definition) is 6. The number of piperazine rings is 1. The predicted octanol–water partition coefficient (Wildman–Crippen LogP) is 3.97. The number of nitrogens with zero attached hydrogens (tertiary/aromatic N) is 3. The molecule has 30 heavy (non-hydrogen) atoms. The lowest BCUT2D eigenvalue weighted by atomic mass is 10.2. The number of anilines is 2. The number of carbonyl (C=O) groups excluding carboxylic acids is 1. The van der Waals surface area contributed by atoms with E-state index in [2.05, 4.69) is 26.0 Å². The van der Waals surface area contributed by atoms with Crippen molar-refractivity contribution in [1.29, 1.82) is 0 Å². The number of thioether (sulfide) groups is 1. The first kappa shape index (κ1) is 20.6. The van der Waals surface area contributed by atoms with Gasteiger partial charge in [-0.1, -0.05) is 29.3 Å². The van der Waals surface area contributed by atoms with Crippen molar-refractivity contribution in [2.75, 3.05) is 48.7 Å². The largest absolute Gasteiger partial charge is 0.431 e. The molecule has 1 aliphatic rings. The molecule has 8 heteroatoms. The van der Waals surface area contributed by atoms with Crippen LogP contribution in [0.15, 0.2) is 52.1 Å². The molecule has 0 atom stereocenters. The van der Waals surface area contributed by atoms with Crippen LogP contribution in [0.2, 0.25) is 5.02 Å². The minimum absolute atomic E-state index is 0.115. The Balaban J connectivity index is 1.27. The number of hydrogen-bond donors (Lipinski definition) is 1. The fourth-order valence-electron chi connectivity index (χ4n) is 3.31. The number of rotatable bonds is 6. The molecular formula is C22H21ClN4O2S. The minimum atomic E-state index is -0.115. The standard InChI is InChI=1S/C22H21ClN4O2S/c1-2-9-26-10-12-27(13-11-26)18-6-4-17(5-7-18)24-21(28)15-30-22-25-19-14-16(23)3-8-20(19)29-22/h1,3-8,14H,9-13,15H2,(H,24,28). The number of halogens is 1. The van der Waals surface area contributed by atoms with Crippen LogP contribution in [-0.4, -0.2) is 54.3 Å². The molecule has 2 heterocycles. The van der Waals surface area contributed by atoms with E-state index in [-0.39, 0.29) is 11.7 Å².